The summed E-state index contributed by atoms with van der Waals surface area (Å²) in [7, 11) is 0. The predicted molar refractivity (Wildman–Crippen MR) is 68.5 cm³/mol. The van der Waals surface area contributed by atoms with E-state index in [1.165, 1.54) is 5.56 Å². The molecule has 3 rings (SSSR count). The third-order valence-corrected chi connectivity index (χ3v) is 4.06. The molecule has 16 heavy (non-hydrogen) atoms. The molecule has 1 aromatic carbocycles. The van der Waals surface area contributed by atoms with Crippen molar-refractivity contribution >= 4 is 34.1 Å². The molecule has 0 fully saturated rings. The number of pyridine rings is 1. The highest BCUT2D eigenvalue weighted by Crippen LogP contribution is 2.35. The number of rotatable bonds is 0. The van der Waals surface area contributed by atoms with Gasteiger partial charge in [0.1, 0.15) is 0 Å². The Morgan fingerprint density at radius 1 is 1.19 bits per heavy atom. The van der Waals surface area contributed by atoms with Crippen molar-refractivity contribution in [3.05, 3.63) is 39.0 Å². The molecule has 82 valence electrons. The zero-order valence-corrected chi connectivity index (χ0v) is 10.5. The normalized spacial score (nSPS) is 14.4. The number of hydrogen-bond acceptors (Lipinski definition) is 1. The third-order valence-electron chi connectivity index (χ3n) is 3.22. The van der Waals surface area contributed by atoms with E-state index in [1.807, 2.05) is 19.1 Å². The Kier molecular flexibility index (Phi) is 2.34. The van der Waals surface area contributed by atoms with Crippen molar-refractivity contribution < 1.29 is 0 Å². The number of halogens is 2. The maximum absolute atomic E-state index is 6.43. The van der Waals surface area contributed by atoms with Gasteiger partial charge in [0, 0.05) is 16.1 Å². The number of nitrogens with zero attached hydrogens (tertiary/aromatic N) is 1. The molecule has 1 nitrogen and oxygen atoms in total. The largest absolute Gasteiger partial charge is 0.252 e. The first kappa shape index (κ1) is 10.4. The fraction of sp³-hybridized carbons (Fsp3) is 0.308. The highest BCUT2D eigenvalue weighted by atomic mass is 35.5. The van der Waals surface area contributed by atoms with Gasteiger partial charge in [0.05, 0.1) is 10.5 Å². The lowest BCUT2D eigenvalue weighted by Crippen LogP contribution is -1.92. The van der Waals surface area contributed by atoms with Gasteiger partial charge < -0.3 is 0 Å². The van der Waals surface area contributed by atoms with E-state index in [0.29, 0.717) is 0 Å². The van der Waals surface area contributed by atoms with Gasteiger partial charge >= 0.3 is 0 Å². The van der Waals surface area contributed by atoms with Gasteiger partial charge in [0.2, 0.25) is 0 Å². The van der Waals surface area contributed by atoms with Crippen LogP contribution in [0.3, 0.4) is 0 Å². The average molecular weight is 252 g/mol. The first-order valence-electron chi connectivity index (χ1n) is 5.44. The Hall–Kier alpha value is -0.790. The highest BCUT2D eigenvalue weighted by molar-refractivity contribution is 6.37. The van der Waals surface area contributed by atoms with Crippen LogP contribution >= 0.6 is 23.2 Å². The minimum Gasteiger partial charge on any atom is -0.252 e. The van der Waals surface area contributed by atoms with Crippen LogP contribution in [0.5, 0.6) is 0 Å². The van der Waals surface area contributed by atoms with Crippen LogP contribution in [0.1, 0.15) is 23.2 Å². The van der Waals surface area contributed by atoms with Gasteiger partial charge in [-0.2, -0.15) is 0 Å². The molecule has 0 unspecified atom stereocenters. The number of fused-ring (bicyclic) bond motifs is 2. The van der Waals surface area contributed by atoms with Gasteiger partial charge in [-0.3, -0.25) is 4.98 Å². The summed E-state index contributed by atoms with van der Waals surface area (Å²) in [5.41, 5.74) is 4.35. The van der Waals surface area contributed by atoms with Gasteiger partial charge in [0.25, 0.3) is 0 Å². The number of hydrogen-bond donors (Lipinski definition) is 0. The molecule has 0 amide bonds. The molecule has 0 aliphatic heterocycles. The van der Waals surface area contributed by atoms with Crippen molar-refractivity contribution in [3.63, 3.8) is 0 Å². The van der Waals surface area contributed by atoms with Gasteiger partial charge in [-0.05, 0) is 49.4 Å². The maximum Gasteiger partial charge on any atom is 0.0735 e. The van der Waals surface area contributed by atoms with E-state index in [0.717, 1.165) is 51.5 Å². The van der Waals surface area contributed by atoms with E-state index in [9.17, 15) is 0 Å². The molecule has 0 saturated heterocycles. The van der Waals surface area contributed by atoms with Crippen molar-refractivity contribution in [1.82, 2.24) is 4.98 Å². The van der Waals surface area contributed by atoms with Gasteiger partial charge in [-0.25, -0.2) is 0 Å². The minimum absolute atomic E-state index is 0.758. The molecule has 0 spiro atoms. The van der Waals surface area contributed by atoms with Crippen molar-refractivity contribution in [2.75, 3.05) is 0 Å². The number of aryl methyl sites for hydroxylation is 2. The molecule has 1 aromatic heterocycles. The van der Waals surface area contributed by atoms with E-state index in [-0.39, 0.29) is 0 Å². The van der Waals surface area contributed by atoms with Crippen LogP contribution in [0.25, 0.3) is 10.9 Å². The van der Waals surface area contributed by atoms with E-state index in [4.69, 9.17) is 23.2 Å². The summed E-state index contributed by atoms with van der Waals surface area (Å²) in [4.78, 5) is 4.65. The Morgan fingerprint density at radius 2 is 2.00 bits per heavy atom. The lowest BCUT2D eigenvalue weighted by molar-refractivity contribution is 0.901. The first-order valence-corrected chi connectivity index (χ1v) is 6.19. The van der Waals surface area contributed by atoms with Crippen LogP contribution < -0.4 is 0 Å². The van der Waals surface area contributed by atoms with Crippen molar-refractivity contribution in [3.8, 4) is 0 Å². The van der Waals surface area contributed by atoms with E-state index in [1.54, 1.807) is 0 Å². The monoisotopic (exact) mass is 251 g/mol. The average Bonchev–Trinajstić information content (AvgIpc) is 2.70. The molecule has 2 aromatic rings. The smallest absolute Gasteiger partial charge is 0.0735 e. The Morgan fingerprint density at radius 3 is 2.81 bits per heavy atom. The van der Waals surface area contributed by atoms with Crippen LogP contribution in [-0.2, 0) is 12.8 Å². The number of benzene rings is 1. The van der Waals surface area contributed by atoms with E-state index in [2.05, 4.69) is 4.98 Å². The van der Waals surface area contributed by atoms with E-state index < -0.39 is 0 Å². The van der Waals surface area contributed by atoms with Crippen LogP contribution in [0, 0.1) is 6.92 Å². The number of aromatic nitrogens is 1. The van der Waals surface area contributed by atoms with Crippen molar-refractivity contribution in [2.45, 2.75) is 26.2 Å². The second-order valence-corrected chi connectivity index (χ2v) is 5.11. The second kappa shape index (κ2) is 3.61. The standard InChI is InChI=1S/C13H11Cl2N/c1-7-5-9-12(6-10(7)14)16-11-4-2-3-8(11)13(9)15/h5-6H,2-4H2,1H3. The van der Waals surface area contributed by atoms with Crippen molar-refractivity contribution in [2.24, 2.45) is 0 Å². The zero-order chi connectivity index (χ0) is 11.3. The topological polar surface area (TPSA) is 12.9 Å². The highest BCUT2D eigenvalue weighted by Gasteiger charge is 2.18. The zero-order valence-electron chi connectivity index (χ0n) is 8.98. The van der Waals surface area contributed by atoms with Gasteiger partial charge in [0.15, 0.2) is 0 Å². The predicted octanol–water partition coefficient (Wildman–Crippen LogP) is 4.34. The van der Waals surface area contributed by atoms with Crippen LogP contribution in [0.2, 0.25) is 10.0 Å². The molecule has 1 heterocycles. The minimum atomic E-state index is 0.758. The Labute approximate surface area is 104 Å². The molecule has 0 atom stereocenters. The first-order chi connectivity index (χ1) is 7.66. The Bertz CT molecular complexity index is 590. The fourth-order valence-corrected chi connectivity index (χ4v) is 2.85. The third kappa shape index (κ3) is 1.42. The molecule has 0 N–H and O–H groups in total. The quantitative estimate of drug-likeness (QED) is 0.679. The molecule has 0 radical (unpaired) electrons. The van der Waals surface area contributed by atoms with E-state index >= 15 is 0 Å². The molecule has 0 bridgehead atoms. The van der Waals surface area contributed by atoms with Crippen LogP contribution in [0.4, 0.5) is 0 Å². The van der Waals surface area contributed by atoms with Gasteiger partial charge in [-0.1, -0.05) is 23.2 Å². The summed E-state index contributed by atoms with van der Waals surface area (Å²) in [6.45, 7) is 1.99. The summed E-state index contributed by atoms with van der Waals surface area (Å²) in [5, 5.41) is 2.66. The Balaban J connectivity index is 2.41. The maximum atomic E-state index is 6.43. The molecule has 1 aliphatic carbocycles. The lowest BCUT2D eigenvalue weighted by Gasteiger charge is -2.08. The summed E-state index contributed by atoms with van der Waals surface area (Å²) in [6, 6.07) is 3.95. The second-order valence-electron chi connectivity index (χ2n) is 4.32. The van der Waals surface area contributed by atoms with Gasteiger partial charge in [-0.15, -0.1) is 0 Å². The SMILES string of the molecule is Cc1cc2c(Cl)c3c(nc2cc1Cl)CCC3. The summed E-state index contributed by atoms with van der Waals surface area (Å²) < 4.78 is 0. The molecule has 0 saturated carbocycles. The summed E-state index contributed by atoms with van der Waals surface area (Å²) in [6.07, 6.45) is 3.25. The van der Waals surface area contributed by atoms with Crippen LogP contribution in [0.15, 0.2) is 12.1 Å². The molecule has 1 aliphatic rings. The summed E-state index contributed by atoms with van der Waals surface area (Å²) >= 11 is 12.5. The van der Waals surface area contributed by atoms with Crippen LogP contribution in [-0.4, -0.2) is 4.98 Å². The lowest BCUT2D eigenvalue weighted by atomic mass is 10.1. The summed E-state index contributed by atoms with van der Waals surface area (Å²) in [5.74, 6) is 0. The molecular weight excluding hydrogens is 241 g/mol. The molecular formula is C13H11Cl2N. The van der Waals surface area contributed by atoms with Crippen molar-refractivity contribution in [1.29, 1.82) is 0 Å². The fourth-order valence-electron chi connectivity index (χ4n) is 2.33. The molecule has 3 heteroatoms.